The molecular weight excluding hydrogens is 329 g/mol. The van der Waals surface area contributed by atoms with Crippen LogP contribution in [0.15, 0.2) is 29.2 Å². The number of halogens is 2. The molecule has 22 heavy (non-hydrogen) atoms. The maximum Gasteiger partial charge on any atom is 0.258 e. The Balaban J connectivity index is 1.93. The SMILES string of the molecule is O=C1c2c(O)c(O)cc(S)c2CN1Cc1ccc(F)c(Cl)c1. The molecule has 1 heterocycles. The zero-order valence-corrected chi connectivity index (χ0v) is 12.8. The normalized spacial score (nSPS) is 13.6. The number of nitrogens with zero attached hydrogens (tertiary/aromatic N) is 1. The maximum absolute atomic E-state index is 13.2. The molecule has 1 amide bonds. The van der Waals surface area contributed by atoms with E-state index in [-0.39, 0.29) is 29.4 Å². The van der Waals surface area contributed by atoms with Gasteiger partial charge in [-0.2, -0.15) is 0 Å². The highest BCUT2D eigenvalue weighted by atomic mass is 35.5. The standard InChI is InChI=1S/C15H11ClFNO3S/c16-9-3-7(1-2-10(9)17)5-18-6-8-12(22)4-11(19)14(20)13(8)15(18)21/h1-4,19-20,22H,5-6H2. The lowest BCUT2D eigenvalue weighted by molar-refractivity contribution is 0.0764. The number of carbonyl (C=O) groups excluding carboxylic acids is 1. The van der Waals surface area contributed by atoms with Crippen molar-refractivity contribution in [1.29, 1.82) is 0 Å². The molecule has 0 aromatic heterocycles. The van der Waals surface area contributed by atoms with Gasteiger partial charge in [-0.05, 0) is 23.8 Å². The van der Waals surface area contributed by atoms with Crippen molar-refractivity contribution in [3.8, 4) is 11.5 Å². The van der Waals surface area contributed by atoms with Crippen molar-refractivity contribution in [3.05, 3.63) is 51.8 Å². The number of hydrogen-bond acceptors (Lipinski definition) is 4. The van der Waals surface area contributed by atoms with Crippen molar-refractivity contribution in [2.24, 2.45) is 0 Å². The van der Waals surface area contributed by atoms with Gasteiger partial charge in [-0.3, -0.25) is 4.79 Å². The molecule has 7 heteroatoms. The topological polar surface area (TPSA) is 60.8 Å². The Labute approximate surface area is 136 Å². The van der Waals surface area contributed by atoms with Crippen LogP contribution in [-0.2, 0) is 13.1 Å². The Kier molecular flexibility index (Phi) is 3.66. The molecule has 114 valence electrons. The molecular formula is C15H11ClFNO3S. The van der Waals surface area contributed by atoms with Crippen molar-refractivity contribution >= 4 is 30.1 Å². The summed E-state index contributed by atoms with van der Waals surface area (Å²) in [6.45, 7) is 0.455. The van der Waals surface area contributed by atoms with Gasteiger partial charge in [0.1, 0.15) is 5.82 Å². The zero-order valence-electron chi connectivity index (χ0n) is 11.2. The lowest BCUT2D eigenvalue weighted by Gasteiger charge is -2.16. The Hall–Kier alpha value is -1.92. The van der Waals surface area contributed by atoms with Gasteiger partial charge >= 0.3 is 0 Å². The van der Waals surface area contributed by atoms with E-state index >= 15 is 0 Å². The summed E-state index contributed by atoms with van der Waals surface area (Å²) >= 11 is 9.95. The van der Waals surface area contributed by atoms with Crippen LogP contribution in [0.25, 0.3) is 0 Å². The second-order valence-electron chi connectivity index (χ2n) is 5.03. The van der Waals surface area contributed by atoms with Crippen LogP contribution in [0, 0.1) is 5.82 Å². The number of fused-ring (bicyclic) bond motifs is 1. The largest absolute Gasteiger partial charge is 0.504 e. The van der Waals surface area contributed by atoms with Crippen molar-refractivity contribution in [2.75, 3.05) is 0 Å². The van der Waals surface area contributed by atoms with Gasteiger partial charge in [0.25, 0.3) is 5.91 Å². The van der Waals surface area contributed by atoms with Gasteiger partial charge in [-0.1, -0.05) is 17.7 Å². The van der Waals surface area contributed by atoms with Crippen LogP contribution < -0.4 is 0 Å². The molecule has 0 saturated carbocycles. The number of amides is 1. The summed E-state index contributed by atoms with van der Waals surface area (Å²) in [5.41, 5.74) is 1.27. The maximum atomic E-state index is 13.2. The van der Waals surface area contributed by atoms with Gasteiger partial charge in [0, 0.05) is 23.5 Å². The van der Waals surface area contributed by atoms with Crippen molar-refractivity contribution in [1.82, 2.24) is 4.90 Å². The summed E-state index contributed by atoms with van der Waals surface area (Å²) in [5.74, 6) is -1.78. The number of benzene rings is 2. The van der Waals surface area contributed by atoms with E-state index < -0.39 is 17.5 Å². The summed E-state index contributed by atoms with van der Waals surface area (Å²) in [6, 6.07) is 5.52. The average molecular weight is 340 g/mol. The molecule has 0 aliphatic carbocycles. The number of phenols is 2. The van der Waals surface area contributed by atoms with Crippen LogP contribution in [-0.4, -0.2) is 21.0 Å². The van der Waals surface area contributed by atoms with Crippen molar-refractivity contribution < 1.29 is 19.4 Å². The van der Waals surface area contributed by atoms with Crippen LogP contribution in [0.3, 0.4) is 0 Å². The van der Waals surface area contributed by atoms with Crippen LogP contribution in [0.5, 0.6) is 11.5 Å². The van der Waals surface area contributed by atoms with Crippen LogP contribution in [0.4, 0.5) is 4.39 Å². The predicted molar refractivity (Wildman–Crippen MR) is 82.0 cm³/mol. The molecule has 2 aromatic carbocycles. The molecule has 1 aliphatic rings. The zero-order chi connectivity index (χ0) is 16.0. The summed E-state index contributed by atoms with van der Waals surface area (Å²) in [4.78, 5) is 14.3. The highest BCUT2D eigenvalue weighted by molar-refractivity contribution is 7.80. The van der Waals surface area contributed by atoms with Gasteiger partial charge in [-0.25, -0.2) is 4.39 Å². The Morgan fingerprint density at radius 2 is 2.05 bits per heavy atom. The monoisotopic (exact) mass is 339 g/mol. The van der Waals surface area contributed by atoms with E-state index in [1.807, 2.05) is 0 Å². The molecule has 0 saturated heterocycles. The molecule has 3 rings (SSSR count). The third-order valence-electron chi connectivity index (χ3n) is 3.57. The minimum atomic E-state index is -0.526. The molecule has 0 unspecified atom stereocenters. The minimum Gasteiger partial charge on any atom is -0.504 e. The highest BCUT2D eigenvalue weighted by Gasteiger charge is 2.33. The number of hydrogen-bond donors (Lipinski definition) is 3. The number of rotatable bonds is 2. The quantitative estimate of drug-likeness (QED) is 0.581. The first-order valence-electron chi connectivity index (χ1n) is 6.38. The van der Waals surface area contributed by atoms with Gasteiger partial charge in [-0.15, -0.1) is 12.6 Å². The number of aromatic hydroxyl groups is 2. The predicted octanol–water partition coefficient (Wildman–Crippen LogP) is 3.34. The average Bonchev–Trinajstić information content (AvgIpc) is 2.78. The molecule has 2 N–H and O–H groups in total. The first kappa shape index (κ1) is 15.0. The van der Waals surface area contributed by atoms with E-state index in [1.54, 1.807) is 0 Å². The molecule has 0 bridgehead atoms. The Bertz CT molecular complexity index is 797. The fourth-order valence-corrected chi connectivity index (χ4v) is 2.99. The third-order valence-corrected chi connectivity index (χ3v) is 4.26. The summed E-state index contributed by atoms with van der Waals surface area (Å²) in [6.07, 6.45) is 0. The summed E-state index contributed by atoms with van der Waals surface area (Å²) < 4.78 is 13.2. The number of thiol groups is 1. The minimum absolute atomic E-state index is 0.0166. The highest BCUT2D eigenvalue weighted by Crippen LogP contribution is 2.41. The van der Waals surface area contributed by atoms with Crippen LogP contribution in [0.1, 0.15) is 21.5 Å². The molecule has 1 aliphatic heterocycles. The van der Waals surface area contributed by atoms with E-state index in [9.17, 15) is 19.4 Å². The second-order valence-corrected chi connectivity index (χ2v) is 5.92. The van der Waals surface area contributed by atoms with E-state index in [0.29, 0.717) is 16.0 Å². The van der Waals surface area contributed by atoms with Gasteiger partial charge in [0.05, 0.1) is 10.6 Å². The smallest absolute Gasteiger partial charge is 0.258 e. The number of carbonyl (C=O) groups is 1. The van der Waals surface area contributed by atoms with Gasteiger partial charge in [0.15, 0.2) is 11.5 Å². The molecule has 2 aromatic rings. The molecule has 4 nitrogen and oxygen atoms in total. The van der Waals surface area contributed by atoms with E-state index in [1.165, 1.54) is 29.2 Å². The lowest BCUT2D eigenvalue weighted by Crippen LogP contribution is -2.23. The van der Waals surface area contributed by atoms with Crippen LogP contribution >= 0.6 is 24.2 Å². The van der Waals surface area contributed by atoms with Gasteiger partial charge in [0.2, 0.25) is 0 Å². The molecule has 0 fully saturated rings. The van der Waals surface area contributed by atoms with E-state index in [0.717, 1.165) is 0 Å². The first-order chi connectivity index (χ1) is 10.4. The van der Waals surface area contributed by atoms with Gasteiger partial charge < -0.3 is 15.1 Å². The fraction of sp³-hybridized carbons (Fsp3) is 0.133. The third kappa shape index (κ3) is 2.38. The second kappa shape index (κ2) is 5.37. The van der Waals surface area contributed by atoms with Crippen LogP contribution in [0.2, 0.25) is 5.02 Å². The number of phenolic OH excluding ortho intramolecular Hbond substituents is 2. The van der Waals surface area contributed by atoms with Crippen molar-refractivity contribution in [3.63, 3.8) is 0 Å². The Morgan fingerprint density at radius 3 is 2.73 bits per heavy atom. The Morgan fingerprint density at radius 1 is 1.32 bits per heavy atom. The van der Waals surface area contributed by atoms with E-state index in [4.69, 9.17) is 11.6 Å². The lowest BCUT2D eigenvalue weighted by atomic mass is 10.1. The summed E-state index contributed by atoms with van der Waals surface area (Å²) in [5, 5.41) is 19.5. The molecule has 0 radical (unpaired) electrons. The summed E-state index contributed by atoms with van der Waals surface area (Å²) in [7, 11) is 0. The van der Waals surface area contributed by atoms with Crippen molar-refractivity contribution in [2.45, 2.75) is 18.0 Å². The van der Waals surface area contributed by atoms with E-state index in [2.05, 4.69) is 12.6 Å². The first-order valence-corrected chi connectivity index (χ1v) is 7.21. The fourth-order valence-electron chi connectivity index (χ4n) is 2.48. The molecule has 0 spiro atoms. The molecule has 0 atom stereocenters.